The van der Waals surface area contributed by atoms with Crippen LogP contribution >= 0.6 is 0 Å². The molecule has 0 aromatic heterocycles. The van der Waals surface area contributed by atoms with Gasteiger partial charge in [0.05, 0.1) is 19.8 Å². The molecule has 4 amide bonds. The van der Waals surface area contributed by atoms with E-state index in [0.717, 1.165) is 0 Å². The van der Waals surface area contributed by atoms with Crippen molar-refractivity contribution in [1.29, 1.82) is 0 Å². The maximum Gasteiger partial charge on any atom is 0.409 e. The van der Waals surface area contributed by atoms with E-state index in [4.69, 9.17) is 9.47 Å². The minimum absolute atomic E-state index is 0.0150. The molecule has 0 unspecified atom stereocenters. The third-order valence-electron chi connectivity index (χ3n) is 5.02. The van der Waals surface area contributed by atoms with Crippen LogP contribution in [0.15, 0.2) is 24.3 Å². The first-order chi connectivity index (χ1) is 14.1. The molecular formula is C20H28N4O5. The largest absolute Gasteiger partial charge is 0.450 e. The van der Waals surface area contributed by atoms with E-state index in [1.807, 2.05) is 0 Å². The summed E-state index contributed by atoms with van der Waals surface area (Å²) in [5.74, 6) is -0.0660. The van der Waals surface area contributed by atoms with Crippen molar-refractivity contribution < 1.29 is 23.9 Å². The molecule has 9 heteroatoms. The lowest BCUT2D eigenvalue weighted by atomic mass is 10.1. The van der Waals surface area contributed by atoms with E-state index in [0.29, 0.717) is 70.1 Å². The van der Waals surface area contributed by atoms with Crippen molar-refractivity contribution in [3.8, 4) is 0 Å². The molecule has 1 aromatic rings. The van der Waals surface area contributed by atoms with E-state index in [2.05, 4.69) is 10.6 Å². The molecule has 29 heavy (non-hydrogen) atoms. The van der Waals surface area contributed by atoms with E-state index in [-0.39, 0.29) is 24.1 Å². The lowest BCUT2D eigenvalue weighted by Gasteiger charge is -2.31. The number of urea groups is 1. The molecule has 3 rings (SSSR count). The van der Waals surface area contributed by atoms with Crippen LogP contribution in [-0.2, 0) is 9.47 Å². The van der Waals surface area contributed by atoms with Gasteiger partial charge in [-0.15, -0.1) is 0 Å². The van der Waals surface area contributed by atoms with Crippen LogP contribution in [0.2, 0.25) is 0 Å². The number of carbonyl (C=O) groups is 3. The van der Waals surface area contributed by atoms with Crippen LogP contribution in [0.4, 0.5) is 15.3 Å². The standard InChI is InChI=1S/C20H28N4O5/c1-2-29-20(27)24-8-6-16(7-9-24)21-19(26)22-17-5-3-4-15(14-17)18(25)23-10-12-28-13-11-23/h3-5,14,16H,2,6-13H2,1H3,(H2,21,22,26). The molecule has 9 nitrogen and oxygen atoms in total. The Morgan fingerprint density at radius 2 is 1.83 bits per heavy atom. The smallest absolute Gasteiger partial charge is 0.409 e. The zero-order chi connectivity index (χ0) is 20.6. The van der Waals surface area contributed by atoms with Gasteiger partial charge < -0.3 is 29.9 Å². The highest BCUT2D eigenvalue weighted by atomic mass is 16.6. The first-order valence-corrected chi connectivity index (χ1v) is 10.0. The van der Waals surface area contributed by atoms with Crippen molar-refractivity contribution in [2.75, 3.05) is 51.3 Å². The lowest BCUT2D eigenvalue weighted by Crippen LogP contribution is -2.47. The fourth-order valence-corrected chi connectivity index (χ4v) is 3.45. The minimum Gasteiger partial charge on any atom is -0.450 e. The molecule has 2 aliphatic heterocycles. The zero-order valence-corrected chi connectivity index (χ0v) is 16.7. The number of likely N-dealkylation sites (tertiary alicyclic amines) is 1. The molecule has 0 spiro atoms. The Hall–Kier alpha value is -2.81. The molecule has 2 aliphatic rings. The minimum atomic E-state index is -0.324. The van der Waals surface area contributed by atoms with Gasteiger partial charge in [0, 0.05) is 43.5 Å². The summed E-state index contributed by atoms with van der Waals surface area (Å²) in [5, 5.41) is 5.72. The second-order valence-electron chi connectivity index (χ2n) is 7.04. The molecular weight excluding hydrogens is 376 g/mol. The average Bonchev–Trinajstić information content (AvgIpc) is 2.74. The van der Waals surface area contributed by atoms with Gasteiger partial charge in [-0.05, 0) is 38.0 Å². The second kappa shape index (κ2) is 10.1. The molecule has 0 atom stereocenters. The summed E-state index contributed by atoms with van der Waals surface area (Å²) in [6, 6.07) is 6.58. The van der Waals surface area contributed by atoms with Gasteiger partial charge in [0.2, 0.25) is 0 Å². The molecule has 158 valence electrons. The highest BCUT2D eigenvalue weighted by Gasteiger charge is 2.24. The number of benzene rings is 1. The summed E-state index contributed by atoms with van der Waals surface area (Å²) in [6.07, 6.45) is 1.03. The number of piperidine rings is 1. The van der Waals surface area contributed by atoms with Crippen LogP contribution < -0.4 is 10.6 Å². The van der Waals surface area contributed by atoms with Crippen molar-refractivity contribution in [3.05, 3.63) is 29.8 Å². The number of rotatable bonds is 4. The molecule has 0 aliphatic carbocycles. The third-order valence-corrected chi connectivity index (χ3v) is 5.02. The van der Waals surface area contributed by atoms with Gasteiger partial charge in [0.25, 0.3) is 5.91 Å². The first kappa shape index (κ1) is 20.9. The van der Waals surface area contributed by atoms with Crippen molar-refractivity contribution in [1.82, 2.24) is 15.1 Å². The normalized spacial score (nSPS) is 17.6. The number of amides is 4. The Morgan fingerprint density at radius 3 is 2.52 bits per heavy atom. The van der Waals surface area contributed by atoms with Gasteiger partial charge in [-0.3, -0.25) is 4.79 Å². The van der Waals surface area contributed by atoms with Gasteiger partial charge in [0.1, 0.15) is 0 Å². The summed E-state index contributed by atoms with van der Waals surface area (Å²) in [5.41, 5.74) is 1.10. The molecule has 2 N–H and O–H groups in total. The molecule has 0 saturated carbocycles. The Kier molecular flexibility index (Phi) is 7.29. The van der Waals surface area contributed by atoms with Crippen molar-refractivity contribution in [2.24, 2.45) is 0 Å². The van der Waals surface area contributed by atoms with Crippen LogP contribution in [0, 0.1) is 0 Å². The summed E-state index contributed by atoms with van der Waals surface area (Å²) >= 11 is 0. The summed E-state index contributed by atoms with van der Waals surface area (Å²) < 4.78 is 10.3. The number of anilines is 1. The highest BCUT2D eigenvalue weighted by Crippen LogP contribution is 2.15. The quantitative estimate of drug-likeness (QED) is 0.798. The van der Waals surface area contributed by atoms with Crippen LogP contribution in [-0.4, -0.2) is 79.9 Å². The van der Waals surface area contributed by atoms with Crippen molar-refractivity contribution >= 4 is 23.7 Å². The predicted molar refractivity (Wildman–Crippen MR) is 107 cm³/mol. The molecule has 2 saturated heterocycles. The molecule has 2 fully saturated rings. The SMILES string of the molecule is CCOC(=O)N1CCC(NC(=O)Nc2cccc(C(=O)N3CCOCC3)c2)CC1. The summed E-state index contributed by atoms with van der Waals surface area (Å²) in [4.78, 5) is 40.1. The Balaban J connectivity index is 1.48. The molecule has 1 aromatic carbocycles. The van der Waals surface area contributed by atoms with Gasteiger partial charge in [-0.25, -0.2) is 9.59 Å². The number of nitrogens with one attached hydrogen (secondary N) is 2. The second-order valence-corrected chi connectivity index (χ2v) is 7.04. The van der Waals surface area contributed by atoms with Crippen LogP contribution in [0.5, 0.6) is 0 Å². The van der Waals surface area contributed by atoms with Gasteiger partial charge in [-0.2, -0.15) is 0 Å². The molecule has 0 radical (unpaired) electrons. The fraction of sp³-hybridized carbons (Fsp3) is 0.550. The Bertz CT molecular complexity index is 727. The topological polar surface area (TPSA) is 100 Å². The van der Waals surface area contributed by atoms with Gasteiger partial charge in [-0.1, -0.05) is 6.07 Å². The number of hydrogen-bond acceptors (Lipinski definition) is 5. The highest BCUT2D eigenvalue weighted by molar-refractivity contribution is 5.97. The molecule has 2 heterocycles. The third kappa shape index (κ3) is 5.83. The van der Waals surface area contributed by atoms with E-state index >= 15 is 0 Å². The number of morpholine rings is 1. The number of carbonyl (C=O) groups excluding carboxylic acids is 3. The van der Waals surface area contributed by atoms with Crippen molar-refractivity contribution in [2.45, 2.75) is 25.8 Å². The Morgan fingerprint density at radius 1 is 1.10 bits per heavy atom. The Labute approximate surface area is 170 Å². The molecule has 0 bridgehead atoms. The summed E-state index contributed by atoms with van der Waals surface area (Å²) in [7, 11) is 0. The predicted octanol–water partition coefficient (Wildman–Crippen LogP) is 1.90. The maximum absolute atomic E-state index is 12.6. The summed E-state index contributed by atoms with van der Waals surface area (Å²) in [6.45, 7) is 5.46. The average molecular weight is 404 g/mol. The van der Waals surface area contributed by atoms with Crippen LogP contribution in [0.25, 0.3) is 0 Å². The van der Waals surface area contributed by atoms with E-state index in [1.165, 1.54) is 0 Å². The van der Waals surface area contributed by atoms with Crippen molar-refractivity contribution in [3.63, 3.8) is 0 Å². The lowest BCUT2D eigenvalue weighted by molar-refractivity contribution is 0.0303. The first-order valence-electron chi connectivity index (χ1n) is 10.0. The number of ether oxygens (including phenoxy) is 2. The van der Waals surface area contributed by atoms with Crippen LogP contribution in [0.1, 0.15) is 30.1 Å². The number of nitrogens with zero attached hydrogens (tertiary/aromatic N) is 2. The van der Waals surface area contributed by atoms with Crippen LogP contribution in [0.3, 0.4) is 0 Å². The van der Waals surface area contributed by atoms with E-state index < -0.39 is 0 Å². The maximum atomic E-state index is 12.6. The monoisotopic (exact) mass is 404 g/mol. The van der Waals surface area contributed by atoms with E-state index in [9.17, 15) is 14.4 Å². The van der Waals surface area contributed by atoms with E-state index in [1.54, 1.807) is 41.0 Å². The fourth-order valence-electron chi connectivity index (χ4n) is 3.45. The van der Waals surface area contributed by atoms with Gasteiger partial charge >= 0.3 is 12.1 Å². The number of hydrogen-bond donors (Lipinski definition) is 2. The zero-order valence-electron chi connectivity index (χ0n) is 16.7. The van der Waals surface area contributed by atoms with Gasteiger partial charge in [0.15, 0.2) is 0 Å².